The minimum absolute atomic E-state index is 0.123. The van der Waals surface area contributed by atoms with E-state index in [1.807, 2.05) is 60.8 Å². The van der Waals surface area contributed by atoms with Crippen molar-refractivity contribution in [2.45, 2.75) is 17.1 Å². The highest BCUT2D eigenvalue weighted by Gasteiger charge is 2.17. The van der Waals surface area contributed by atoms with Crippen LogP contribution in [0.15, 0.2) is 87.5 Å². The second kappa shape index (κ2) is 11.5. The zero-order chi connectivity index (χ0) is 24.8. The Bertz CT molecular complexity index is 1320. The summed E-state index contributed by atoms with van der Waals surface area (Å²) in [5.74, 6) is 0.282. The fourth-order valence-electron chi connectivity index (χ4n) is 3.13. The SMILES string of the molecule is COc1cccc(C(=O)Nc2ccc(SC(C)C(=O)Nc3nc(-c4ccc(Br)cc4)cs3)cc2)c1. The van der Waals surface area contributed by atoms with E-state index in [4.69, 9.17) is 4.74 Å². The lowest BCUT2D eigenvalue weighted by atomic mass is 10.2. The third-order valence-electron chi connectivity index (χ3n) is 5.00. The molecule has 4 rings (SSSR count). The predicted molar refractivity (Wildman–Crippen MR) is 147 cm³/mol. The van der Waals surface area contributed by atoms with Crippen LogP contribution < -0.4 is 15.4 Å². The Hall–Kier alpha value is -3.14. The molecule has 1 unspecified atom stereocenters. The van der Waals surface area contributed by atoms with Gasteiger partial charge in [-0.15, -0.1) is 23.1 Å². The topological polar surface area (TPSA) is 80.3 Å². The number of hydrogen-bond donors (Lipinski definition) is 2. The Balaban J connectivity index is 1.31. The molecule has 1 aromatic heterocycles. The molecule has 0 aliphatic heterocycles. The van der Waals surface area contributed by atoms with Crippen LogP contribution in [0, 0.1) is 0 Å². The zero-order valence-corrected chi connectivity index (χ0v) is 22.2. The first-order valence-electron chi connectivity index (χ1n) is 10.7. The van der Waals surface area contributed by atoms with E-state index in [9.17, 15) is 9.59 Å². The number of carbonyl (C=O) groups is 2. The minimum atomic E-state index is -0.327. The number of nitrogens with one attached hydrogen (secondary N) is 2. The molecule has 0 aliphatic carbocycles. The second-order valence-corrected chi connectivity index (χ2v) is 10.7. The van der Waals surface area contributed by atoms with Crippen LogP contribution in [0.1, 0.15) is 17.3 Å². The molecule has 0 fully saturated rings. The van der Waals surface area contributed by atoms with Crippen molar-refractivity contribution in [2.24, 2.45) is 0 Å². The average molecular weight is 569 g/mol. The molecule has 4 aromatic rings. The van der Waals surface area contributed by atoms with Gasteiger partial charge in [-0.3, -0.25) is 9.59 Å². The Morgan fingerprint density at radius 3 is 2.49 bits per heavy atom. The van der Waals surface area contributed by atoms with E-state index in [-0.39, 0.29) is 17.1 Å². The molecular weight excluding hydrogens is 546 g/mol. The van der Waals surface area contributed by atoms with Crippen LogP contribution in [-0.2, 0) is 4.79 Å². The van der Waals surface area contributed by atoms with Gasteiger partial charge in [0.05, 0.1) is 18.1 Å². The van der Waals surface area contributed by atoms with Crippen LogP contribution in [0.2, 0.25) is 0 Å². The van der Waals surface area contributed by atoms with E-state index in [0.29, 0.717) is 22.1 Å². The summed E-state index contributed by atoms with van der Waals surface area (Å²) < 4.78 is 6.17. The van der Waals surface area contributed by atoms with E-state index in [0.717, 1.165) is 20.6 Å². The fraction of sp³-hybridized carbons (Fsp3) is 0.115. The van der Waals surface area contributed by atoms with E-state index in [1.54, 1.807) is 31.4 Å². The summed E-state index contributed by atoms with van der Waals surface area (Å²) >= 11 is 6.26. The van der Waals surface area contributed by atoms with Crippen LogP contribution >= 0.6 is 39.0 Å². The summed E-state index contributed by atoms with van der Waals surface area (Å²) in [6.45, 7) is 1.85. The number of aromatic nitrogens is 1. The lowest BCUT2D eigenvalue weighted by molar-refractivity contribution is -0.115. The van der Waals surface area contributed by atoms with Gasteiger partial charge in [-0.05, 0) is 61.5 Å². The number of hydrogen-bond acceptors (Lipinski definition) is 6. The maximum absolute atomic E-state index is 12.7. The Kier molecular flexibility index (Phi) is 8.22. The Labute approximate surface area is 220 Å². The molecular formula is C26H22BrN3O3S2. The summed E-state index contributed by atoms with van der Waals surface area (Å²) in [6.07, 6.45) is 0. The summed E-state index contributed by atoms with van der Waals surface area (Å²) in [5, 5.41) is 7.94. The lowest BCUT2D eigenvalue weighted by Crippen LogP contribution is -2.22. The minimum Gasteiger partial charge on any atom is -0.497 e. The largest absolute Gasteiger partial charge is 0.497 e. The highest BCUT2D eigenvalue weighted by Crippen LogP contribution is 2.29. The van der Waals surface area contributed by atoms with E-state index < -0.39 is 0 Å². The molecule has 0 saturated heterocycles. The molecule has 178 valence electrons. The molecule has 0 saturated carbocycles. The van der Waals surface area contributed by atoms with Crippen molar-refractivity contribution in [2.75, 3.05) is 17.7 Å². The van der Waals surface area contributed by atoms with Crippen molar-refractivity contribution < 1.29 is 14.3 Å². The van der Waals surface area contributed by atoms with Gasteiger partial charge in [0.1, 0.15) is 5.75 Å². The van der Waals surface area contributed by atoms with E-state index in [2.05, 4.69) is 31.5 Å². The van der Waals surface area contributed by atoms with Gasteiger partial charge in [-0.1, -0.05) is 34.1 Å². The quantitative estimate of drug-likeness (QED) is 0.225. The van der Waals surface area contributed by atoms with Crippen molar-refractivity contribution >= 4 is 61.7 Å². The third-order valence-corrected chi connectivity index (χ3v) is 7.40. The fourth-order valence-corrected chi connectivity index (χ4v) is 4.99. The molecule has 0 aliphatic rings. The van der Waals surface area contributed by atoms with Gasteiger partial charge in [-0.25, -0.2) is 4.98 Å². The number of thiazole rings is 1. The first-order valence-corrected chi connectivity index (χ1v) is 13.2. The van der Waals surface area contributed by atoms with Gasteiger partial charge < -0.3 is 15.4 Å². The van der Waals surface area contributed by atoms with E-state index >= 15 is 0 Å². The first-order chi connectivity index (χ1) is 16.9. The van der Waals surface area contributed by atoms with Crippen LogP contribution in [0.5, 0.6) is 5.75 Å². The van der Waals surface area contributed by atoms with Crippen molar-refractivity contribution in [3.8, 4) is 17.0 Å². The molecule has 6 nitrogen and oxygen atoms in total. The molecule has 1 atom stereocenters. The van der Waals surface area contributed by atoms with Crippen LogP contribution in [0.4, 0.5) is 10.8 Å². The standard InChI is InChI=1S/C26H22BrN3O3S2/c1-16(24(31)30-26-29-23(15-34-26)17-6-8-19(27)9-7-17)35-22-12-10-20(11-13-22)28-25(32)18-4-3-5-21(14-18)33-2/h3-16H,1-2H3,(H,28,32)(H,29,30,31). The number of carbonyl (C=O) groups excluding carboxylic acids is 2. The molecule has 1 heterocycles. The number of nitrogens with zero attached hydrogens (tertiary/aromatic N) is 1. The van der Waals surface area contributed by atoms with Gasteiger partial charge in [0, 0.05) is 31.6 Å². The van der Waals surface area contributed by atoms with Crippen LogP contribution in [-0.4, -0.2) is 29.2 Å². The smallest absolute Gasteiger partial charge is 0.255 e. The summed E-state index contributed by atoms with van der Waals surface area (Å²) in [5.41, 5.74) is 3.00. The first kappa shape index (κ1) is 25.0. The van der Waals surface area contributed by atoms with Gasteiger partial charge >= 0.3 is 0 Å². The number of amides is 2. The molecule has 2 N–H and O–H groups in total. The number of ether oxygens (including phenoxy) is 1. The molecule has 0 radical (unpaired) electrons. The summed E-state index contributed by atoms with van der Waals surface area (Å²) in [4.78, 5) is 30.6. The average Bonchev–Trinajstić information content (AvgIpc) is 3.34. The number of benzene rings is 3. The molecule has 0 bridgehead atoms. The number of thioether (sulfide) groups is 1. The van der Waals surface area contributed by atoms with Crippen LogP contribution in [0.3, 0.4) is 0 Å². The Morgan fingerprint density at radius 1 is 1.03 bits per heavy atom. The number of rotatable bonds is 8. The predicted octanol–water partition coefficient (Wildman–Crippen LogP) is 6.95. The summed E-state index contributed by atoms with van der Waals surface area (Å²) in [7, 11) is 1.56. The number of methoxy groups -OCH3 is 1. The molecule has 9 heteroatoms. The molecule has 0 spiro atoms. The van der Waals surface area contributed by atoms with Crippen LogP contribution in [0.25, 0.3) is 11.3 Å². The van der Waals surface area contributed by atoms with Gasteiger partial charge in [0.25, 0.3) is 5.91 Å². The lowest BCUT2D eigenvalue weighted by Gasteiger charge is -2.11. The maximum Gasteiger partial charge on any atom is 0.255 e. The zero-order valence-electron chi connectivity index (χ0n) is 18.9. The molecule has 2 amide bonds. The van der Waals surface area contributed by atoms with E-state index in [1.165, 1.54) is 23.1 Å². The number of halogens is 1. The van der Waals surface area contributed by atoms with Crippen molar-refractivity contribution in [3.63, 3.8) is 0 Å². The summed E-state index contributed by atoms with van der Waals surface area (Å²) in [6, 6.07) is 22.2. The molecule has 3 aromatic carbocycles. The second-order valence-electron chi connectivity index (χ2n) is 7.50. The van der Waals surface area contributed by atoms with Gasteiger partial charge in [0.15, 0.2) is 5.13 Å². The third kappa shape index (κ3) is 6.72. The van der Waals surface area contributed by atoms with Crippen molar-refractivity contribution in [3.05, 3.63) is 88.2 Å². The van der Waals surface area contributed by atoms with Gasteiger partial charge in [0.2, 0.25) is 5.91 Å². The highest BCUT2D eigenvalue weighted by molar-refractivity contribution is 9.10. The normalized spacial score (nSPS) is 11.5. The Morgan fingerprint density at radius 2 is 1.77 bits per heavy atom. The monoisotopic (exact) mass is 567 g/mol. The number of anilines is 2. The highest BCUT2D eigenvalue weighted by atomic mass is 79.9. The van der Waals surface area contributed by atoms with Crippen molar-refractivity contribution in [1.29, 1.82) is 0 Å². The molecule has 35 heavy (non-hydrogen) atoms. The maximum atomic E-state index is 12.7. The van der Waals surface area contributed by atoms with Crippen molar-refractivity contribution in [1.82, 2.24) is 4.98 Å². The van der Waals surface area contributed by atoms with Gasteiger partial charge in [-0.2, -0.15) is 0 Å².